The average Bonchev–Trinajstić information content (AvgIpc) is 2.93. The second-order valence-corrected chi connectivity index (χ2v) is 5.13. The van der Waals surface area contributed by atoms with Gasteiger partial charge in [-0.15, -0.1) is 12.4 Å². The van der Waals surface area contributed by atoms with Gasteiger partial charge in [0.15, 0.2) is 0 Å². The Bertz CT molecular complexity index is 465. The number of hydrogen-bond donors (Lipinski definition) is 2. The minimum Gasteiger partial charge on any atom is -0.380 e. The lowest BCUT2D eigenvalue weighted by molar-refractivity contribution is -0.121. The molecule has 6 heteroatoms. The molecular weight excluding hydrogens is 295 g/mol. The first kappa shape index (κ1) is 17.9. The van der Waals surface area contributed by atoms with Crippen molar-refractivity contribution in [1.82, 2.24) is 10.6 Å². The van der Waals surface area contributed by atoms with Crippen molar-refractivity contribution < 1.29 is 13.9 Å². The van der Waals surface area contributed by atoms with Crippen LogP contribution in [-0.2, 0) is 22.7 Å². The summed E-state index contributed by atoms with van der Waals surface area (Å²) < 4.78 is 18.4. The maximum atomic E-state index is 13.5. The second-order valence-electron chi connectivity index (χ2n) is 5.13. The summed E-state index contributed by atoms with van der Waals surface area (Å²) in [6, 6.07) is 5.12. The number of rotatable bonds is 6. The third-order valence-corrected chi connectivity index (χ3v) is 3.49. The lowest BCUT2D eigenvalue weighted by atomic mass is 10.1. The number of hydrogen-bond acceptors (Lipinski definition) is 3. The van der Waals surface area contributed by atoms with Crippen molar-refractivity contribution >= 4 is 18.3 Å². The van der Waals surface area contributed by atoms with E-state index in [4.69, 9.17) is 4.74 Å². The third-order valence-electron chi connectivity index (χ3n) is 3.49. The summed E-state index contributed by atoms with van der Waals surface area (Å²) in [7, 11) is 1.53. The molecule has 1 fully saturated rings. The highest BCUT2D eigenvalue weighted by atomic mass is 35.5. The van der Waals surface area contributed by atoms with Crippen LogP contribution < -0.4 is 10.6 Å². The van der Waals surface area contributed by atoms with Gasteiger partial charge in [-0.2, -0.15) is 0 Å². The number of methoxy groups -OCH3 is 1. The van der Waals surface area contributed by atoms with Crippen LogP contribution in [0.4, 0.5) is 4.39 Å². The van der Waals surface area contributed by atoms with Crippen LogP contribution in [0.5, 0.6) is 0 Å². The first-order chi connectivity index (χ1) is 9.69. The van der Waals surface area contributed by atoms with Gasteiger partial charge in [0.25, 0.3) is 0 Å². The molecule has 0 saturated carbocycles. The van der Waals surface area contributed by atoms with E-state index in [1.807, 2.05) is 0 Å². The van der Waals surface area contributed by atoms with Gasteiger partial charge in [0.2, 0.25) is 5.91 Å². The van der Waals surface area contributed by atoms with E-state index in [0.717, 1.165) is 24.9 Å². The van der Waals surface area contributed by atoms with Gasteiger partial charge < -0.3 is 15.4 Å². The standard InChI is InChI=1S/C15H21FN2O2.ClH/c1-20-10-12-7-11(4-5-14(12)16)9-18-15(19)8-13-3-2-6-17-13;/h4-5,7,13,17H,2-3,6,8-10H2,1H3,(H,18,19);1H. The molecule has 0 radical (unpaired) electrons. The van der Waals surface area contributed by atoms with E-state index in [1.165, 1.54) is 13.2 Å². The summed E-state index contributed by atoms with van der Waals surface area (Å²) in [5.41, 5.74) is 1.39. The summed E-state index contributed by atoms with van der Waals surface area (Å²) >= 11 is 0. The quantitative estimate of drug-likeness (QED) is 0.845. The van der Waals surface area contributed by atoms with E-state index < -0.39 is 0 Å². The fraction of sp³-hybridized carbons (Fsp3) is 0.533. The van der Waals surface area contributed by atoms with E-state index in [2.05, 4.69) is 10.6 Å². The SMILES string of the molecule is COCc1cc(CNC(=O)CC2CCCN2)ccc1F.Cl. The van der Waals surface area contributed by atoms with Crippen molar-refractivity contribution in [2.75, 3.05) is 13.7 Å². The Balaban J connectivity index is 0.00000220. The number of nitrogens with one attached hydrogen (secondary N) is 2. The minimum absolute atomic E-state index is 0. The summed E-state index contributed by atoms with van der Waals surface area (Å²) in [6.45, 7) is 1.65. The number of ether oxygens (including phenoxy) is 1. The summed E-state index contributed by atoms with van der Waals surface area (Å²) in [4.78, 5) is 11.8. The Kier molecular flexibility index (Phi) is 7.64. The van der Waals surface area contributed by atoms with Gasteiger partial charge in [-0.1, -0.05) is 6.07 Å². The number of carbonyl (C=O) groups excluding carboxylic acids is 1. The van der Waals surface area contributed by atoms with Crippen LogP contribution in [0, 0.1) is 5.82 Å². The summed E-state index contributed by atoms with van der Waals surface area (Å²) in [5.74, 6) is -0.251. The largest absolute Gasteiger partial charge is 0.380 e. The van der Waals surface area contributed by atoms with Gasteiger partial charge in [0.05, 0.1) is 6.61 Å². The van der Waals surface area contributed by atoms with E-state index in [0.29, 0.717) is 24.6 Å². The van der Waals surface area contributed by atoms with Crippen molar-refractivity contribution in [3.05, 3.63) is 35.1 Å². The van der Waals surface area contributed by atoms with Crippen LogP contribution >= 0.6 is 12.4 Å². The smallest absolute Gasteiger partial charge is 0.221 e. The minimum atomic E-state index is -0.280. The number of benzene rings is 1. The lowest BCUT2D eigenvalue weighted by Gasteiger charge is -2.11. The van der Waals surface area contributed by atoms with Crippen LogP contribution in [0.3, 0.4) is 0 Å². The summed E-state index contributed by atoms with van der Waals surface area (Å²) in [5, 5.41) is 6.16. The van der Waals surface area contributed by atoms with Gasteiger partial charge in [-0.25, -0.2) is 4.39 Å². The van der Waals surface area contributed by atoms with Gasteiger partial charge in [0, 0.05) is 31.7 Å². The van der Waals surface area contributed by atoms with Gasteiger partial charge in [0.1, 0.15) is 5.82 Å². The van der Waals surface area contributed by atoms with Crippen LogP contribution in [0.1, 0.15) is 30.4 Å². The number of amides is 1. The van der Waals surface area contributed by atoms with Gasteiger partial charge >= 0.3 is 0 Å². The molecular formula is C15H22ClFN2O2. The Hall–Kier alpha value is -1.17. The maximum Gasteiger partial charge on any atom is 0.221 e. The Morgan fingerprint density at radius 2 is 2.33 bits per heavy atom. The monoisotopic (exact) mass is 316 g/mol. The molecule has 21 heavy (non-hydrogen) atoms. The van der Waals surface area contributed by atoms with Crippen LogP contribution in [-0.4, -0.2) is 25.6 Å². The molecule has 1 heterocycles. The van der Waals surface area contributed by atoms with Crippen molar-refractivity contribution in [3.8, 4) is 0 Å². The van der Waals surface area contributed by atoms with Crippen LogP contribution in [0.25, 0.3) is 0 Å². The highest BCUT2D eigenvalue weighted by Gasteiger charge is 2.17. The van der Waals surface area contributed by atoms with Gasteiger partial charge in [-0.05, 0) is 37.1 Å². The molecule has 2 N–H and O–H groups in total. The van der Waals surface area contributed by atoms with Crippen molar-refractivity contribution in [1.29, 1.82) is 0 Å². The molecule has 1 saturated heterocycles. The molecule has 118 valence electrons. The number of halogens is 2. The Labute approximate surface area is 130 Å². The molecule has 1 amide bonds. The topological polar surface area (TPSA) is 50.4 Å². The lowest BCUT2D eigenvalue weighted by Crippen LogP contribution is -2.31. The highest BCUT2D eigenvalue weighted by molar-refractivity contribution is 5.85. The molecule has 1 atom stereocenters. The molecule has 1 aliphatic heterocycles. The second kappa shape index (κ2) is 8.97. The Morgan fingerprint density at radius 3 is 3.00 bits per heavy atom. The highest BCUT2D eigenvalue weighted by Crippen LogP contribution is 2.12. The van der Waals surface area contributed by atoms with Crippen LogP contribution in [0.15, 0.2) is 18.2 Å². The molecule has 4 nitrogen and oxygen atoms in total. The molecule has 0 bridgehead atoms. The fourth-order valence-corrected chi connectivity index (χ4v) is 2.43. The zero-order valence-corrected chi connectivity index (χ0v) is 13.0. The number of carbonyl (C=O) groups is 1. The molecule has 0 spiro atoms. The summed E-state index contributed by atoms with van der Waals surface area (Å²) in [6.07, 6.45) is 2.70. The first-order valence-corrected chi connectivity index (χ1v) is 6.95. The molecule has 0 aromatic heterocycles. The normalized spacial score (nSPS) is 17.3. The van der Waals surface area contributed by atoms with Gasteiger partial charge in [-0.3, -0.25) is 4.79 Å². The van der Waals surface area contributed by atoms with E-state index >= 15 is 0 Å². The van der Waals surface area contributed by atoms with E-state index in [-0.39, 0.29) is 30.7 Å². The zero-order chi connectivity index (χ0) is 14.4. The molecule has 1 aliphatic rings. The third kappa shape index (κ3) is 5.61. The van der Waals surface area contributed by atoms with Crippen LogP contribution in [0.2, 0.25) is 0 Å². The van der Waals surface area contributed by atoms with Crippen molar-refractivity contribution in [2.24, 2.45) is 0 Å². The molecule has 1 aromatic carbocycles. The first-order valence-electron chi connectivity index (χ1n) is 6.95. The Morgan fingerprint density at radius 1 is 1.52 bits per heavy atom. The average molecular weight is 317 g/mol. The molecule has 1 unspecified atom stereocenters. The predicted molar refractivity (Wildman–Crippen MR) is 81.8 cm³/mol. The maximum absolute atomic E-state index is 13.5. The van der Waals surface area contributed by atoms with Crippen molar-refractivity contribution in [3.63, 3.8) is 0 Å². The van der Waals surface area contributed by atoms with Crippen molar-refractivity contribution in [2.45, 2.75) is 38.5 Å². The predicted octanol–water partition coefficient (Wildman–Crippen LogP) is 2.15. The molecule has 0 aliphatic carbocycles. The molecule has 1 aromatic rings. The molecule has 2 rings (SSSR count). The fourth-order valence-electron chi connectivity index (χ4n) is 2.43. The van der Waals surface area contributed by atoms with E-state index in [1.54, 1.807) is 12.1 Å². The zero-order valence-electron chi connectivity index (χ0n) is 12.2. The van der Waals surface area contributed by atoms with E-state index in [9.17, 15) is 9.18 Å².